The van der Waals surface area contributed by atoms with Crippen LogP contribution in [-0.4, -0.2) is 90.7 Å². The summed E-state index contributed by atoms with van der Waals surface area (Å²) in [6, 6.07) is 13.1. The van der Waals surface area contributed by atoms with Crippen LogP contribution >= 0.6 is 11.9 Å². The first-order valence-electron chi connectivity index (χ1n) is 15.2. The second-order valence-corrected chi connectivity index (χ2v) is 14.0. The number of amides is 1. The fourth-order valence-electron chi connectivity index (χ4n) is 6.07. The van der Waals surface area contributed by atoms with Crippen molar-refractivity contribution in [1.29, 1.82) is 0 Å². The number of alkyl carbamates (subject to hydrolysis) is 1. The fraction of sp³-hybridized carbons (Fsp3) is 0.533. The van der Waals surface area contributed by atoms with Crippen LogP contribution < -0.4 is 10.0 Å². The molecule has 0 radical (unpaired) electrons. The smallest absolute Gasteiger partial charge is 0.407 e. The number of aromatic nitrogens is 2. The molecule has 3 fully saturated rings. The van der Waals surface area contributed by atoms with Gasteiger partial charge in [0.15, 0.2) is 6.29 Å². The SMILES string of the molecule is CSNc1nc2cc(S(=O)(=O)N(C[C@@H](O)[C@H](Cc3ccccc3)NC(=O)O[C@H]3CO[C@H]4OCC[C@H]43)OC3CCCC3)ccc2[nH]1. The number of hydroxylamine groups is 1. The van der Waals surface area contributed by atoms with E-state index in [1.165, 1.54) is 24.1 Å². The minimum atomic E-state index is -4.24. The third-order valence-corrected chi connectivity index (χ3v) is 10.5. The Kier molecular flexibility index (Phi) is 10.1. The lowest BCUT2D eigenvalue weighted by molar-refractivity contribution is -0.145. The minimum absolute atomic E-state index is 0.0241. The van der Waals surface area contributed by atoms with Crippen molar-refractivity contribution < 1.29 is 37.4 Å². The van der Waals surface area contributed by atoms with E-state index in [1.807, 2.05) is 36.6 Å². The standard InChI is InChI=1S/C30H39N5O8S2/c1-44-34-29-31-23-12-11-21(16-24(23)32-29)45(38,39)35(43-20-9-5-6-10-20)17-26(36)25(15-19-7-3-2-4-8-19)33-30(37)42-27-18-41-28-22(27)13-14-40-28/h2-4,7-8,11-12,16,20,22,25-28,36H,5-6,9-10,13-15,17-18H2,1H3,(H,33,37)(H2,31,32,34)/t22-,25-,26+,27-,28+/m0/s1. The monoisotopic (exact) mass is 661 g/mol. The fourth-order valence-corrected chi connectivity index (χ4v) is 7.68. The van der Waals surface area contributed by atoms with Crippen molar-refractivity contribution >= 4 is 45.0 Å². The zero-order chi connectivity index (χ0) is 31.4. The second-order valence-electron chi connectivity index (χ2n) is 11.5. The van der Waals surface area contributed by atoms with Crippen molar-refractivity contribution in [1.82, 2.24) is 19.8 Å². The Morgan fingerprint density at radius 1 is 1.18 bits per heavy atom. The van der Waals surface area contributed by atoms with Crippen LogP contribution in [0.25, 0.3) is 11.0 Å². The van der Waals surface area contributed by atoms with Gasteiger partial charge in [-0.05, 0) is 49.4 Å². The molecule has 15 heteroatoms. The predicted octanol–water partition coefficient (Wildman–Crippen LogP) is 3.58. The Labute approximate surface area is 266 Å². The van der Waals surface area contributed by atoms with Crippen LogP contribution in [0.2, 0.25) is 0 Å². The van der Waals surface area contributed by atoms with E-state index in [0.717, 1.165) is 29.3 Å². The summed E-state index contributed by atoms with van der Waals surface area (Å²) in [4.78, 5) is 26.7. The maximum Gasteiger partial charge on any atom is 0.407 e. The second kappa shape index (κ2) is 14.2. The molecular formula is C30H39N5O8S2. The van der Waals surface area contributed by atoms with Gasteiger partial charge in [-0.2, -0.15) is 0 Å². The van der Waals surface area contributed by atoms with E-state index < -0.39 is 40.9 Å². The molecule has 0 spiro atoms. The lowest BCUT2D eigenvalue weighted by Gasteiger charge is -2.31. The molecule has 1 aliphatic carbocycles. The number of benzene rings is 2. The Morgan fingerprint density at radius 3 is 2.76 bits per heavy atom. The van der Waals surface area contributed by atoms with Gasteiger partial charge in [-0.25, -0.2) is 18.2 Å². The summed E-state index contributed by atoms with van der Waals surface area (Å²) in [7, 11) is -4.24. The van der Waals surface area contributed by atoms with Crippen LogP contribution in [0, 0.1) is 5.92 Å². The summed E-state index contributed by atoms with van der Waals surface area (Å²) in [5, 5.41) is 14.4. The Balaban J connectivity index is 1.22. The maximum absolute atomic E-state index is 14.1. The number of H-pyrrole nitrogens is 1. The summed E-state index contributed by atoms with van der Waals surface area (Å²) in [6.07, 6.45) is 2.84. The molecule has 3 aromatic rings. The van der Waals surface area contributed by atoms with E-state index in [0.29, 0.717) is 36.4 Å². The number of aliphatic hydroxyl groups excluding tert-OH is 1. The molecule has 244 valence electrons. The Hall–Kier alpha value is -2.92. The first-order chi connectivity index (χ1) is 21.8. The van der Waals surface area contributed by atoms with E-state index in [2.05, 4.69) is 20.0 Å². The van der Waals surface area contributed by atoms with Crippen molar-refractivity contribution in [2.24, 2.45) is 5.92 Å². The largest absolute Gasteiger partial charge is 0.443 e. The summed E-state index contributed by atoms with van der Waals surface area (Å²) >= 11 is 1.36. The number of carbonyl (C=O) groups excluding carboxylic acids is 1. The molecule has 1 amide bonds. The molecule has 6 rings (SSSR count). The minimum Gasteiger partial charge on any atom is -0.443 e. The van der Waals surface area contributed by atoms with Gasteiger partial charge in [-0.1, -0.05) is 59.6 Å². The highest BCUT2D eigenvalue weighted by Crippen LogP contribution is 2.33. The van der Waals surface area contributed by atoms with Crippen LogP contribution in [0.15, 0.2) is 53.4 Å². The molecule has 0 unspecified atom stereocenters. The molecule has 2 saturated heterocycles. The number of carbonyl (C=O) groups is 1. The molecule has 2 aliphatic heterocycles. The van der Waals surface area contributed by atoms with Crippen LogP contribution in [0.1, 0.15) is 37.7 Å². The van der Waals surface area contributed by atoms with Crippen LogP contribution in [-0.2, 0) is 35.5 Å². The first kappa shape index (κ1) is 32.0. The van der Waals surface area contributed by atoms with Gasteiger partial charge in [0.2, 0.25) is 5.95 Å². The number of aliphatic hydroxyl groups is 1. The van der Waals surface area contributed by atoms with Crippen molar-refractivity contribution in [2.75, 3.05) is 30.7 Å². The number of imidazole rings is 1. The molecule has 1 saturated carbocycles. The number of aromatic amines is 1. The van der Waals surface area contributed by atoms with Gasteiger partial charge >= 0.3 is 6.09 Å². The predicted molar refractivity (Wildman–Crippen MR) is 168 cm³/mol. The van der Waals surface area contributed by atoms with Gasteiger partial charge < -0.3 is 34.3 Å². The van der Waals surface area contributed by atoms with E-state index in [-0.39, 0.29) is 36.2 Å². The van der Waals surface area contributed by atoms with Gasteiger partial charge in [-0.3, -0.25) is 4.84 Å². The van der Waals surface area contributed by atoms with Crippen molar-refractivity contribution in [2.45, 2.75) is 74.1 Å². The molecule has 1 aromatic heterocycles. The van der Waals surface area contributed by atoms with Crippen LogP contribution in [0.4, 0.5) is 10.7 Å². The highest BCUT2D eigenvalue weighted by atomic mass is 32.2. The van der Waals surface area contributed by atoms with Crippen LogP contribution in [0.3, 0.4) is 0 Å². The van der Waals surface area contributed by atoms with Gasteiger partial charge in [0.25, 0.3) is 10.0 Å². The molecule has 5 atom stereocenters. The number of ether oxygens (including phenoxy) is 3. The molecule has 4 N–H and O–H groups in total. The normalized spacial score (nSPS) is 23.3. The number of anilines is 1. The molecule has 13 nitrogen and oxygen atoms in total. The molecule has 0 bridgehead atoms. The summed E-state index contributed by atoms with van der Waals surface area (Å²) < 4.78 is 48.8. The molecule has 2 aromatic carbocycles. The third kappa shape index (κ3) is 7.56. The van der Waals surface area contributed by atoms with Gasteiger partial charge in [0.1, 0.15) is 6.10 Å². The van der Waals surface area contributed by atoms with E-state index >= 15 is 0 Å². The number of nitrogens with zero attached hydrogens (tertiary/aromatic N) is 2. The van der Waals surface area contributed by atoms with E-state index in [1.54, 1.807) is 6.07 Å². The number of nitrogens with one attached hydrogen (secondary N) is 3. The molecular weight excluding hydrogens is 622 g/mol. The van der Waals surface area contributed by atoms with Gasteiger partial charge in [0, 0.05) is 6.26 Å². The molecule has 45 heavy (non-hydrogen) atoms. The lowest BCUT2D eigenvalue weighted by Crippen LogP contribution is -2.51. The summed E-state index contributed by atoms with van der Waals surface area (Å²) in [5.74, 6) is 0.455. The Morgan fingerprint density at radius 2 is 1.98 bits per heavy atom. The highest BCUT2D eigenvalue weighted by Gasteiger charge is 2.44. The average molecular weight is 662 g/mol. The number of hydrogen-bond acceptors (Lipinski definition) is 11. The van der Waals surface area contributed by atoms with E-state index in [9.17, 15) is 18.3 Å². The number of rotatable bonds is 13. The highest BCUT2D eigenvalue weighted by molar-refractivity contribution is 7.99. The van der Waals surface area contributed by atoms with Crippen molar-refractivity contribution in [3.8, 4) is 0 Å². The van der Waals surface area contributed by atoms with Crippen LogP contribution in [0.5, 0.6) is 0 Å². The summed E-state index contributed by atoms with van der Waals surface area (Å²) in [5.41, 5.74) is 1.98. The summed E-state index contributed by atoms with van der Waals surface area (Å²) in [6.45, 7) is 0.352. The van der Waals surface area contributed by atoms with Gasteiger partial charge in [-0.15, -0.1) is 0 Å². The number of fused-ring (bicyclic) bond motifs is 2. The third-order valence-electron chi connectivity index (χ3n) is 8.43. The van der Waals surface area contributed by atoms with Crippen molar-refractivity contribution in [3.05, 3.63) is 54.1 Å². The van der Waals surface area contributed by atoms with Gasteiger partial charge in [0.05, 0.1) is 59.9 Å². The zero-order valence-electron chi connectivity index (χ0n) is 25.0. The Bertz CT molecular complexity index is 1550. The maximum atomic E-state index is 14.1. The number of hydrogen-bond donors (Lipinski definition) is 4. The lowest BCUT2D eigenvalue weighted by atomic mass is 10.0. The topological polar surface area (TPSA) is 164 Å². The number of sulfonamides is 1. The van der Waals surface area contributed by atoms with Crippen molar-refractivity contribution in [3.63, 3.8) is 0 Å². The first-order valence-corrected chi connectivity index (χ1v) is 17.9. The van der Waals surface area contributed by atoms with E-state index in [4.69, 9.17) is 19.0 Å². The molecule has 3 aliphatic rings. The zero-order valence-corrected chi connectivity index (χ0v) is 26.6. The quantitative estimate of drug-likeness (QED) is 0.156. The molecule has 3 heterocycles. The average Bonchev–Trinajstić information content (AvgIpc) is 3.83.